The van der Waals surface area contributed by atoms with Crippen molar-refractivity contribution in [2.24, 2.45) is 0 Å². The fourth-order valence-electron chi connectivity index (χ4n) is 1.32. The standard InChI is InChI=1S/C11H8Cl2N2O/c12-8-4-9(13)10(15-6-8)11(16)7-2-1-3-14-5-7/h1-6,11,16H. The van der Waals surface area contributed by atoms with Gasteiger partial charge >= 0.3 is 0 Å². The molecule has 0 fully saturated rings. The summed E-state index contributed by atoms with van der Waals surface area (Å²) in [5.41, 5.74) is 1.01. The second-order valence-electron chi connectivity index (χ2n) is 3.21. The van der Waals surface area contributed by atoms with Crippen LogP contribution in [0.15, 0.2) is 36.8 Å². The molecule has 0 aliphatic carbocycles. The van der Waals surface area contributed by atoms with Gasteiger partial charge in [-0.3, -0.25) is 9.97 Å². The molecule has 16 heavy (non-hydrogen) atoms. The van der Waals surface area contributed by atoms with E-state index in [9.17, 15) is 5.11 Å². The third-order valence-corrected chi connectivity index (χ3v) is 2.60. The van der Waals surface area contributed by atoms with E-state index in [2.05, 4.69) is 9.97 Å². The van der Waals surface area contributed by atoms with Crippen LogP contribution in [0.2, 0.25) is 10.0 Å². The molecule has 1 atom stereocenters. The van der Waals surface area contributed by atoms with Crippen molar-refractivity contribution in [2.45, 2.75) is 6.10 Å². The first-order valence-electron chi connectivity index (χ1n) is 4.57. The molecule has 2 rings (SSSR count). The Morgan fingerprint density at radius 2 is 2.06 bits per heavy atom. The summed E-state index contributed by atoms with van der Waals surface area (Å²) in [5.74, 6) is 0. The van der Waals surface area contributed by atoms with Gasteiger partial charge in [0, 0.05) is 24.2 Å². The molecule has 0 aliphatic rings. The number of nitrogens with zero attached hydrogens (tertiary/aromatic N) is 2. The van der Waals surface area contributed by atoms with Crippen molar-refractivity contribution in [1.82, 2.24) is 9.97 Å². The molecule has 0 aromatic carbocycles. The first-order valence-corrected chi connectivity index (χ1v) is 5.33. The third-order valence-electron chi connectivity index (χ3n) is 2.10. The van der Waals surface area contributed by atoms with Gasteiger partial charge in [-0.05, 0) is 12.1 Å². The van der Waals surface area contributed by atoms with Gasteiger partial charge in [-0.25, -0.2) is 0 Å². The minimum atomic E-state index is -0.890. The summed E-state index contributed by atoms with van der Waals surface area (Å²) in [7, 11) is 0. The van der Waals surface area contributed by atoms with Crippen LogP contribution in [0.1, 0.15) is 17.4 Å². The highest BCUT2D eigenvalue weighted by molar-refractivity contribution is 6.34. The Morgan fingerprint density at radius 1 is 1.25 bits per heavy atom. The smallest absolute Gasteiger partial charge is 0.124 e. The Hall–Kier alpha value is -1.16. The van der Waals surface area contributed by atoms with Crippen molar-refractivity contribution in [3.63, 3.8) is 0 Å². The Balaban J connectivity index is 2.38. The lowest BCUT2D eigenvalue weighted by atomic mass is 10.1. The van der Waals surface area contributed by atoms with Crippen LogP contribution in [0.4, 0.5) is 0 Å². The zero-order chi connectivity index (χ0) is 11.5. The van der Waals surface area contributed by atoms with Crippen molar-refractivity contribution in [3.8, 4) is 0 Å². The molecule has 2 heterocycles. The minimum Gasteiger partial charge on any atom is -0.382 e. The van der Waals surface area contributed by atoms with Gasteiger partial charge in [0.15, 0.2) is 0 Å². The molecule has 0 amide bonds. The monoisotopic (exact) mass is 254 g/mol. The zero-order valence-corrected chi connectivity index (χ0v) is 9.65. The lowest BCUT2D eigenvalue weighted by Crippen LogP contribution is -2.03. The van der Waals surface area contributed by atoms with Gasteiger partial charge in [0.1, 0.15) is 6.10 Å². The lowest BCUT2D eigenvalue weighted by Gasteiger charge is -2.11. The average Bonchev–Trinajstić information content (AvgIpc) is 2.29. The molecule has 0 spiro atoms. The summed E-state index contributed by atoms with van der Waals surface area (Å²) in [6.45, 7) is 0. The number of aliphatic hydroxyl groups is 1. The number of pyridine rings is 2. The fraction of sp³-hybridized carbons (Fsp3) is 0.0909. The number of hydrogen-bond donors (Lipinski definition) is 1. The van der Waals surface area contributed by atoms with E-state index >= 15 is 0 Å². The number of halogens is 2. The Bertz CT molecular complexity index is 491. The van der Waals surface area contributed by atoms with Gasteiger partial charge in [-0.2, -0.15) is 0 Å². The van der Waals surface area contributed by atoms with Crippen molar-refractivity contribution < 1.29 is 5.11 Å². The molecule has 3 nitrogen and oxygen atoms in total. The van der Waals surface area contributed by atoms with E-state index in [0.29, 0.717) is 21.3 Å². The number of rotatable bonds is 2. The van der Waals surface area contributed by atoms with Crippen molar-refractivity contribution in [2.75, 3.05) is 0 Å². The molecule has 2 aromatic rings. The van der Waals surface area contributed by atoms with E-state index in [0.717, 1.165) is 0 Å². The summed E-state index contributed by atoms with van der Waals surface area (Å²) in [5, 5.41) is 10.8. The second kappa shape index (κ2) is 4.78. The molecule has 0 radical (unpaired) electrons. The first-order chi connectivity index (χ1) is 7.68. The first kappa shape index (κ1) is 11.3. The molecule has 0 aliphatic heterocycles. The highest BCUT2D eigenvalue weighted by Crippen LogP contribution is 2.27. The van der Waals surface area contributed by atoms with Crippen molar-refractivity contribution in [1.29, 1.82) is 0 Å². The highest BCUT2D eigenvalue weighted by atomic mass is 35.5. The minimum absolute atomic E-state index is 0.337. The van der Waals surface area contributed by atoms with Gasteiger partial charge < -0.3 is 5.11 Å². The van der Waals surface area contributed by atoms with E-state index in [1.165, 1.54) is 6.20 Å². The predicted octanol–water partition coefficient (Wildman–Crippen LogP) is 2.87. The molecule has 0 bridgehead atoms. The molecular weight excluding hydrogens is 247 g/mol. The topological polar surface area (TPSA) is 46.0 Å². The van der Waals surface area contributed by atoms with E-state index in [1.54, 1.807) is 30.6 Å². The van der Waals surface area contributed by atoms with Crippen molar-refractivity contribution >= 4 is 23.2 Å². The lowest BCUT2D eigenvalue weighted by molar-refractivity contribution is 0.215. The van der Waals surface area contributed by atoms with E-state index in [4.69, 9.17) is 23.2 Å². The summed E-state index contributed by atoms with van der Waals surface area (Å²) in [4.78, 5) is 7.93. The normalized spacial score (nSPS) is 12.4. The van der Waals surface area contributed by atoms with Crippen LogP contribution in [-0.4, -0.2) is 15.1 Å². The van der Waals surface area contributed by atoms with Gasteiger partial charge in [-0.15, -0.1) is 0 Å². The van der Waals surface area contributed by atoms with Gasteiger partial charge in [0.25, 0.3) is 0 Å². The SMILES string of the molecule is OC(c1cccnc1)c1ncc(Cl)cc1Cl. The van der Waals surface area contributed by atoms with Crippen LogP contribution in [0.25, 0.3) is 0 Å². The Labute approximate surface area is 103 Å². The van der Waals surface area contributed by atoms with Crippen LogP contribution >= 0.6 is 23.2 Å². The number of aromatic nitrogens is 2. The zero-order valence-electron chi connectivity index (χ0n) is 8.14. The van der Waals surface area contributed by atoms with Gasteiger partial charge in [0.2, 0.25) is 0 Å². The fourth-order valence-corrected chi connectivity index (χ4v) is 1.81. The van der Waals surface area contributed by atoms with Crippen molar-refractivity contribution in [3.05, 3.63) is 58.1 Å². The molecule has 0 saturated carbocycles. The summed E-state index contributed by atoms with van der Waals surface area (Å²) in [6.07, 6.45) is 3.76. The van der Waals surface area contributed by atoms with Crippen LogP contribution in [0, 0.1) is 0 Å². The number of hydrogen-bond acceptors (Lipinski definition) is 3. The maximum absolute atomic E-state index is 10.0. The maximum atomic E-state index is 10.0. The predicted molar refractivity (Wildman–Crippen MR) is 62.6 cm³/mol. The van der Waals surface area contributed by atoms with Crippen LogP contribution in [0.5, 0.6) is 0 Å². The largest absolute Gasteiger partial charge is 0.382 e. The molecule has 1 unspecified atom stereocenters. The Morgan fingerprint density at radius 3 is 2.69 bits per heavy atom. The van der Waals surface area contributed by atoms with Crippen LogP contribution < -0.4 is 0 Å². The van der Waals surface area contributed by atoms with Crippen LogP contribution in [-0.2, 0) is 0 Å². The molecule has 5 heteroatoms. The molecule has 2 aromatic heterocycles. The summed E-state index contributed by atoms with van der Waals surface area (Å²) >= 11 is 11.7. The van der Waals surface area contributed by atoms with Crippen LogP contribution in [0.3, 0.4) is 0 Å². The quantitative estimate of drug-likeness (QED) is 0.897. The van der Waals surface area contributed by atoms with E-state index in [-0.39, 0.29) is 0 Å². The Kier molecular flexibility index (Phi) is 3.39. The van der Waals surface area contributed by atoms with Gasteiger partial charge in [-0.1, -0.05) is 29.3 Å². The second-order valence-corrected chi connectivity index (χ2v) is 4.05. The van der Waals surface area contributed by atoms with E-state index in [1.807, 2.05) is 0 Å². The molecule has 1 N–H and O–H groups in total. The van der Waals surface area contributed by atoms with Gasteiger partial charge in [0.05, 0.1) is 15.7 Å². The molecular formula is C11H8Cl2N2O. The molecule has 82 valence electrons. The summed E-state index contributed by atoms with van der Waals surface area (Å²) < 4.78 is 0. The maximum Gasteiger partial charge on any atom is 0.124 e. The highest BCUT2D eigenvalue weighted by Gasteiger charge is 2.15. The average molecular weight is 255 g/mol. The summed E-state index contributed by atoms with van der Waals surface area (Å²) in [6, 6.07) is 5.04. The third kappa shape index (κ3) is 2.32. The molecule has 0 saturated heterocycles. The van der Waals surface area contributed by atoms with E-state index < -0.39 is 6.10 Å². The number of aliphatic hydroxyl groups excluding tert-OH is 1.